The first-order valence-corrected chi connectivity index (χ1v) is 5.82. The monoisotopic (exact) mass is 265 g/mol. The summed E-state index contributed by atoms with van der Waals surface area (Å²) in [6, 6.07) is 4.89. The van der Waals surface area contributed by atoms with Gasteiger partial charge in [0, 0.05) is 11.8 Å². The Morgan fingerprint density at radius 1 is 1.16 bits per heavy atom. The summed E-state index contributed by atoms with van der Waals surface area (Å²) < 4.78 is 31.2. The lowest BCUT2D eigenvalue weighted by Crippen LogP contribution is -2.02. The Balaban J connectivity index is 2.29. The van der Waals surface area contributed by atoms with Crippen LogP contribution >= 0.6 is 0 Å². The van der Waals surface area contributed by atoms with E-state index in [0.717, 1.165) is 12.1 Å². The molecule has 0 aliphatic carbocycles. The van der Waals surface area contributed by atoms with Gasteiger partial charge < -0.3 is 9.84 Å². The van der Waals surface area contributed by atoms with Crippen molar-refractivity contribution in [3.8, 4) is 5.75 Å². The molecule has 1 aromatic carbocycles. The number of benzene rings is 1. The number of aromatic nitrogens is 1. The fourth-order valence-electron chi connectivity index (χ4n) is 1.71. The second-order valence-corrected chi connectivity index (χ2v) is 3.96. The van der Waals surface area contributed by atoms with Gasteiger partial charge in [-0.25, -0.2) is 8.78 Å². The molecule has 2 rings (SSSR count). The first kappa shape index (κ1) is 13.4. The molecule has 3 nitrogen and oxygen atoms in total. The Labute approximate surface area is 109 Å². The van der Waals surface area contributed by atoms with Crippen LogP contribution in [0.1, 0.15) is 24.2 Å². The predicted octanol–water partition coefficient (Wildman–Crippen LogP) is 2.84. The van der Waals surface area contributed by atoms with Crippen LogP contribution in [0.3, 0.4) is 0 Å². The van der Waals surface area contributed by atoms with E-state index >= 15 is 0 Å². The van der Waals surface area contributed by atoms with Gasteiger partial charge in [0.25, 0.3) is 0 Å². The van der Waals surface area contributed by atoms with Crippen molar-refractivity contribution in [3.63, 3.8) is 0 Å². The highest BCUT2D eigenvalue weighted by Crippen LogP contribution is 2.25. The van der Waals surface area contributed by atoms with E-state index in [1.807, 2.05) is 6.92 Å². The molecule has 0 saturated heterocycles. The molecular weight excluding hydrogens is 252 g/mol. The van der Waals surface area contributed by atoms with Crippen LogP contribution in [0.15, 0.2) is 36.7 Å². The summed E-state index contributed by atoms with van der Waals surface area (Å²) in [5.74, 6) is -1.43. The number of rotatable bonds is 4. The second-order valence-electron chi connectivity index (χ2n) is 3.96. The lowest BCUT2D eigenvalue weighted by molar-refractivity contribution is 0.218. The Hall–Kier alpha value is -2.01. The van der Waals surface area contributed by atoms with Gasteiger partial charge >= 0.3 is 0 Å². The lowest BCUT2D eigenvalue weighted by atomic mass is 10.0. The summed E-state index contributed by atoms with van der Waals surface area (Å²) in [6.45, 7) is 2.31. The van der Waals surface area contributed by atoms with Crippen molar-refractivity contribution in [2.24, 2.45) is 0 Å². The Morgan fingerprint density at radius 2 is 1.95 bits per heavy atom. The molecule has 0 spiro atoms. The quantitative estimate of drug-likeness (QED) is 0.924. The Kier molecular flexibility index (Phi) is 4.06. The second kappa shape index (κ2) is 5.75. The number of aliphatic hydroxyl groups excluding tert-OH is 1. The van der Waals surface area contributed by atoms with Crippen molar-refractivity contribution in [1.29, 1.82) is 0 Å². The van der Waals surface area contributed by atoms with Gasteiger partial charge in [-0.3, -0.25) is 4.98 Å². The molecule has 1 N–H and O–H groups in total. The first-order valence-electron chi connectivity index (χ1n) is 5.82. The van der Waals surface area contributed by atoms with Gasteiger partial charge in [-0.05, 0) is 30.7 Å². The van der Waals surface area contributed by atoms with Crippen molar-refractivity contribution in [2.45, 2.75) is 13.0 Å². The molecule has 100 valence electrons. The summed E-state index contributed by atoms with van der Waals surface area (Å²) in [6.07, 6.45) is 1.89. The van der Waals surface area contributed by atoms with Crippen molar-refractivity contribution < 1.29 is 18.6 Å². The lowest BCUT2D eigenvalue weighted by Gasteiger charge is -2.12. The fourth-order valence-corrected chi connectivity index (χ4v) is 1.71. The largest absolute Gasteiger partial charge is 0.492 e. The van der Waals surface area contributed by atoms with E-state index in [9.17, 15) is 13.9 Å². The van der Waals surface area contributed by atoms with Crippen molar-refractivity contribution in [3.05, 3.63) is 59.4 Å². The summed E-state index contributed by atoms with van der Waals surface area (Å²) in [5.41, 5.74) is 0.714. The minimum absolute atomic E-state index is 0.259. The van der Waals surface area contributed by atoms with Crippen LogP contribution in [0, 0.1) is 11.6 Å². The molecule has 0 aliphatic heterocycles. The molecule has 19 heavy (non-hydrogen) atoms. The summed E-state index contributed by atoms with van der Waals surface area (Å²) in [4.78, 5) is 3.94. The average molecular weight is 265 g/mol. The zero-order valence-corrected chi connectivity index (χ0v) is 10.3. The van der Waals surface area contributed by atoms with E-state index in [0.29, 0.717) is 17.9 Å². The maximum absolute atomic E-state index is 13.1. The fraction of sp³-hybridized carbons (Fsp3) is 0.214. The highest BCUT2D eigenvalue weighted by molar-refractivity contribution is 5.32. The number of halogens is 2. The zero-order valence-electron chi connectivity index (χ0n) is 10.3. The van der Waals surface area contributed by atoms with E-state index in [4.69, 9.17) is 4.74 Å². The molecule has 1 heterocycles. The number of hydrogen-bond acceptors (Lipinski definition) is 3. The van der Waals surface area contributed by atoms with Crippen molar-refractivity contribution in [2.75, 3.05) is 6.61 Å². The molecule has 1 atom stereocenters. The molecule has 0 amide bonds. The third-order valence-electron chi connectivity index (χ3n) is 2.62. The van der Waals surface area contributed by atoms with Gasteiger partial charge in [0.1, 0.15) is 11.9 Å². The van der Waals surface area contributed by atoms with Crippen molar-refractivity contribution >= 4 is 0 Å². The van der Waals surface area contributed by atoms with Gasteiger partial charge in [-0.15, -0.1) is 0 Å². The van der Waals surface area contributed by atoms with Crippen LogP contribution in [0.2, 0.25) is 0 Å². The summed E-state index contributed by atoms with van der Waals surface area (Å²) in [7, 11) is 0. The molecule has 0 saturated carbocycles. The first-order chi connectivity index (χ1) is 9.11. The predicted molar refractivity (Wildman–Crippen MR) is 65.8 cm³/mol. The number of pyridine rings is 1. The topological polar surface area (TPSA) is 42.4 Å². The minimum Gasteiger partial charge on any atom is -0.492 e. The normalized spacial score (nSPS) is 12.2. The van der Waals surface area contributed by atoms with E-state index in [1.165, 1.54) is 18.5 Å². The molecule has 5 heteroatoms. The van der Waals surface area contributed by atoms with E-state index < -0.39 is 17.7 Å². The number of ether oxygens (including phenoxy) is 1. The number of nitrogens with zero attached hydrogens (tertiary/aromatic N) is 1. The van der Waals surface area contributed by atoms with Crippen LogP contribution in [-0.4, -0.2) is 16.7 Å². The van der Waals surface area contributed by atoms with Crippen LogP contribution in [0.25, 0.3) is 0 Å². The van der Waals surface area contributed by atoms with Crippen LogP contribution < -0.4 is 4.74 Å². The number of aliphatic hydroxyl groups is 1. The zero-order chi connectivity index (χ0) is 13.8. The Bertz CT molecular complexity index is 575. The summed E-state index contributed by atoms with van der Waals surface area (Å²) >= 11 is 0. The molecular formula is C14H13F2NO2. The highest BCUT2D eigenvalue weighted by atomic mass is 19.2. The smallest absolute Gasteiger partial charge is 0.159 e. The molecule has 2 aromatic rings. The SMILES string of the molecule is CCOc1cncc(C(O)c2ccc(F)c(F)c2)c1. The van der Waals surface area contributed by atoms with Crippen molar-refractivity contribution in [1.82, 2.24) is 4.98 Å². The van der Waals surface area contributed by atoms with Crippen LogP contribution in [-0.2, 0) is 0 Å². The van der Waals surface area contributed by atoms with Gasteiger partial charge in [0.15, 0.2) is 11.6 Å². The van der Waals surface area contributed by atoms with E-state index in [-0.39, 0.29) is 5.56 Å². The van der Waals surface area contributed by atoms with Gasteiger partial charge in [-0.1, -0.05) is 6.07 Å². The average Bonchev–Trinajstić information content (AvgIpc) is 2.42. The molecule has 1 unspecified atom stereocenters. The van der Waals surface area contributed by atoms with E-state index in [1.54, 1.807) is 6.07 Å². The van der Waals surface area contributed by atoms with Gasteiger partial charge in [-0.2, -0.15) is 0 Å². The maximum Gasteiger partial charge on any atom is 0.159 e. The third kappa shape index (κ3) is 3.06. The van der Waals surface area contributed by atoms with Gasteiger partial charge in [0.2, 0.25) is 0 Å². The van der Waals surface area contributed by atoms with Gasteiger partial charge in [0.05, 0.1) is 12.8 Å². The third-order valence-corrected chi connectivity index (χ3v) is 2.62. The van der Waals surface area contributed by atoms with E-state index in [2.05, 4.69) is 4.98 Å². The molecule has 0 fully saturated rings. The van der Waals surface area contributed by atoms with Crippen LogP contribution in [0.4, 0.5) is 8.78 Å². The number of hydrogen-bond donors (Lipinski definition) is 1. The molecule has 0 bridgehead atoms. The molecule has 1 aromatic heterocycles. The standard InChI is InChI=1S/C14H13F2NO2/c1-2-19-11-5-10(7-17-8-11)14(18)9-3-4-12(15)13(16)6-9/h3-8,14,18H,2H2,1H3. The highest BCUT2D eigenvalue weighted by Gasteiger charge is 2.14. The summed E-state index contributed by atoms with van der Waals surface area (Å²) in [5, 5.41) is 10.1. The minimum atomic E-state index is -1.08. The molecule has 0 radical (unpaired) electrons. The maximum atomic E-state index is 13.1. The van der Waals surface area contributed by atoms with Crippen LogP contribution in [0.5, 0.6) is 5.75 Å². The Morgan fingerprint density at radius 3 is 2.63 bits per heavy atom. The molecule has 0 aliphatic rings.